The average molecular weight is 496 g/mol. The molecule has 0 fully saturated rings. The van der Waals surface area contributed by atoms with E-state index < -0.39 is 11.7 Å². The van der Waals surface area contributed by atoms with Gasteiger partial charge in [0.1, 0.15) is 5.69 Å². The molecule has 8 heteroatoms. The standard InChI is InChI=1S/C23H22F3N3OS.C2H6.CH4.2H2/c1-15-10-11-28-22(19(15)14-27-2)20(30)5-3-4-18-13-29-21(31-18)12-16-6-8-17(9-7-16)23(24,25)26;1-2;;;/h6-11,13-14H,3-5,12H2,1-2H3;1-2H3;1H4;2*1H. The van der Waals surface area contributed by atoms with Crippen molar-refractivity contribution in [2.24, 2.45) is 4.99 Å². The van der Waals surface area contributed by atoms with Crippen LogP contribution in [0.25, 0.3) is 0 Å². The highest BCUT2D eigenvalue weighted by molar-refractivity contribution is 7.11. The zero-order valence-corrected chi connectivity index (χ0v) is 20.1. The summed E-state index contributed by atoms with van der Waals surface area (Å²) in [6.07, 6.45) is 2.95. The highest BCUT2D eigenvalue weighted by Gasteiger charge is 2.29. The zero-order valence-electron chi connectivity index (χ0n) is 19.2. The largest absolute Gasteiger partial charge is 0.416 e. The van der Waals surface area contributed by atoms with Crippen LogP contribution in [0.2, 0.25) is 0 Å². The number of carbonyl (C=O) groups excluding carboxylic acids is 1. The van der Waals surface area contributed by atoms with Gasteiger partial charge in [0.15, 0.2) is 5.78 Å². The molecule has 0 aliphatic heterocycles. The summed E-state index contributed by atoms with van der Waals surface area (Å²) in [5.74, 6) is -0.0203. The minimum Gasteiger partial charge on any atom is -0.296 e. The lowest BCUT2D eigenvalue weighted by molar-refractivity contribution is -0.137. The van der Waals surface area contributed by atoms with Crippen LogP contribution in [0.1, 0.15) is 79.6 Å². The van der Waals surface area contributed by atoms with Crippen molar-refractivity contribution in [1.29, 1.82) is 0 Å². The van der Waals surface area contributed by atoms with Crippen LogP contribution in [0.4, 0.5) is 13.2 Å². The van der Waals surface area contributed by atoms with Gasteiger partial charge in [-0.05, 0) is 49.1 Å². The highest BCUT2D eigenvalue weighted by Crippen LogP contribution is 2.29. The number of aliphatic imine (C=N–C) groups is 1. The number of halogens is 3. The van der Waals surface area contributed by atoms with E-state index in [4.69, 9.17) is 0 Å². The van der Waals surface area contributed by atoms with Crippen molar-refractivity contribution >= 4 is 23.3 Å². The van der Waals surface area contributed by atoms with Crippen LogP contribution in [0.15, 0.2) is 47.7 Å². The Morgan fingerprint density at radius 3 is 2.44 bits per heavy atom. The van der Waals surface area contributed by atoms with Gasteiger partial charge in [-0.25, -0.2) is 4.98 Å². The first kappa shape index (κ1) is 29.2. The van der Waals surface area contributed by atoms with Crippen molar-refractivity contribution in [2.45, 2.75) is 60.1 Å². The number of pyridine rings is 1. The summed E-state index contributed by atoms with van der Waals surface area (Å²) in [5.41, 5.74) is 2.28. The SMILES string of the molecule is C.CC.CN=Cc1c(C)ccnc1C(=O)CCCc1cnc(Cc2ccc(C(F)(F)F)cc2)s1.[HH].[HH]. The van der Waals surface area contributed by atoms with Crippen LogP contribution >= 0.6 is 11.3 Å². The Kier molecular flexibility index (Phi) is 11.8. The van der Waals surface area contributed by atoms with Crippen molar-refractivity contribution < 1.29 is 20.8 Å². The molecule has 0 atom stereocenters. The predicted octanol–water partition coefficient (Wildman–Crippen LogP) is 7.86. The molecule has 188 valence electrons. The van der Waals surface area contributed by atoms with Gasteiger partial charge in [-0.1, -0.05) is 33.4 Å². The number of aromatic nitrogens is 2. The molecule has 2 aromatic heterocycles. The molecule has 1 aromatic carbocycles. The van der Waals surface area contributed by atoms with Gasteiger partial charge in [0.05, 0.1) is 10.6 Å². The van der Waals surface area contributed by atoms with Crippen LogP contribution in [0, 0.1) is 6.92 Å². The Balaban J connectivity index is 0. The lowest BCUT2D eigenvalue weighted by Gasteiger charge is -2.07. The van der Waals surface area contributed by atoms with Crippen LogP contribution in [0.5, 0.6) is 0 Å². The number of aryl methyl sites for hydroxylation is 2. The molecule has 0 aliphatic carbocycles. The molecule has 0 unspecified atom stereocenters. The quantitative estimate of drug-likeness (QED) is 0.236. The second-order valence-corrected chi connectivity index (χ2v) is 8.35. The van der Waals surface area contributed by atoms with Crippen LogP contribution in [-0.2, 0) is 19.0 Å². The number of rotatable bonds is 8. The van der Waals surface area contributed by atoms with E-state index in [1.165, 1.54) is 23.5 Å². The van der Waals surface area contributed by atoms with E-state index in [0.717, 1.165) is 38.7 Å². The van der Waals surface area contributed by atoms with Crippen LogP contribution in [-0.4, -0.2) is 29.0 Å². The Morgan fingerprint density at radius 1 is 1.15 bits per heavy atom. The van der Waals surface area contributed by atoms with Gasteiger partial charge in [-0.15, -0.1) is 11.3 Å². The highest BCUT2D eigenvalue weighted by atomic mass is 32.1. The van der Waals surface area contributed by atoms with Gasteiger partial charge < -0.3 is 0 Å². The molecule has 0 amide bonds. The van der Waals surface area contributed by atoms with Crippen molar-refractivity contribution in [2.75, 3.05) is 7.05 Å². The van der Waals surface area contributed by atoms with Gasteiger partial charge in [0, 0.05) is 51.8 Å². The normalized spacial score (nSPS) is 11.0. The van der Waals surface area contributed by atoms with Gasteiger partial charge in [-0.2, -0.15) is 13.2 Å². The average Bonchev–Trinajstić information content (AvgIpc) is 3.23. The maximum absolute atomic E-state index is 12.7. The number of hydrogen-bond donors (Lipinski definition) is 0. The fourth-order valence-corrected chi connectivity index (χ4v) is 4.16. The smallest absolute Gasteiger partial charge is 0.296 e. The molecule has 0 aliphatic rings. The Labute approximate surface area is 207 Å². The zero-order chi connectivity index (χ0) is 24.4. The third-order valence-corrected chi connectivity index (χ3v) is 5.85. The van der Waals surface area contributed by atoms with Crippen molar-refractivity contribution in [3.63, 3.8) is 0 Å². The first-order valence-electron chi connectivity index (χ1n) is 10.8. The van der Waals surface area contributed by atoms with E-state index in [1.807, 2.05) is 26.8 Å². The number of benzene rings is 1. The van der Waals surface area contributed by atoms with Crippen LogP contribution in [0.3, 0.4) is 0 Å². The molecular formula is C26H36F3N3OS. The van der Waals surface area contributed by atoms with Gasteiger partial charge in [0.25, 0.3) is 0 Å². The molecular weight excluding hydrogens is 459 g/mol. The van der Waals surface area contributed by atoms with Gasteiger partial charge in [0.2, 0.25) is 0 Å². The molecule has 3 rings (SSSR count). The molecule has 2 heterocycles. The summed E-state index contributed by atoms with van der Waals surface area (Å²) in [6, 6.07) is 6.99. The summed E-state index contributed by atoms with van der Waals surface area (Å²) < 4.78 is 38.0. The summed E-state index contributed by atoms with van der Waals surface area (Å²) in [4.78, 5) is 26.3. The number of alkyl halides is 3. The summed E-state index contributed by atoms with van der Waals surface area (Å²) in [7, 11) is 1.66. The first-order chi connectivity index (χ1) is 15.8. The topological polar surface area (TPSA) is 55.2 Å². The van der Waals surface area contributed by atoms with Gasteiger partial charge in [-0.3, -0.25) is 14.8 Å². The molecule has 0 radical (unpaired) electrons. The molecule has 0 saturated carbocycles. The lowest BCUT2D eigenvalue weighted by Crippen LogP contribution is -2.08. The Hall–Kier alpha value is -2.87. The number of hydrogen-bond acceptors (Lipinski definition) is 5. The molecule has 0 saturated heterocycles. The fourth-order valence-electron chi connectivity index (χ4n) is 3.16. The Bertz CT molecular complexity index is 1080. The first-order valence-corrected chi connectivity index (χ1v) is 11.6. The second kappa shape index (κ2) is 13.7. The number of ketones is 1. The van der Waals surface area contributed by atoms with Crippen LogP contribution < -0.4 is 0 Å². The Morgan fingerprint density at radius 2 is 1.82 bits per heavy atom. The van der Waals surface area contributed by atoms with Gasteiger partial charge >= 0.3 is 6.18 Å². The van der Waals surface area contributed by atoms with E-state index >= 15 is 0 Å². The van der Waals surface area contributed by atoms with E-state index in [2.05, 4.69) is 15.0 Å². The van der Waals surface area contributed by atoms with E-state index in [-0.39, 0.29) is 16.1 Å². The number of carbonyl (C=O) groups is 1. The van der Waals surface area contributed by atoms with E-state index in [0.29, 0.717) is 31.4 Å². The minimum atomic E-state index is -4.33. The molecule has 34 heavy (non-hydrogen) atoms. The maximum atomic E-state index is 12.7. The molecule has 0 spiro atoms. The third-order valence-electron chi connectivity index (χ3n) is 4.80. The summed E-state index contributed by atoms with van der Waals surface area (Å²) in [5, 5.41) is 0.836. The molecule has 0 N–H and O–H groups in total. The third kappa shape index (κ3) is 8.17. The minimum absolute atomic E-state index is 0. The summed E-state index contributed by atoms with van der Waals surface area (Å²) >= 11 is 1.52. The van der Waals surface area contributed by atoms with Crippen molar-refractivity contribution in [3.05, 3.63) is 80.6 Å². The second-order valence-electron chi connectivity index (χ2n) is 7.15. The van der Waals surface area contributed by atoms with Crippen molar-refractivity contribution in [1.82, 2.24) is 9.97 Å². The molecule has 4 nitrogen and oxygen atoms in total. The maximum Gasteiger partial charge on any atom is 0.416 e. The molecule has 0 bridgehead atoms. The lowest BCUT2D eigenvalue weighted by atomic mass is 10.0. The fraction of sp³-hybridized carbons (Fsp3) is 0.385. The van der Waals surface area contributed by atoms with E-state index in [1.54, 1.807) is 25.7 Å². The monoisotopic (exact) mass is 495 g/mol. The van der Waals surface area contributed by atoms with E-state index in [9.17, 15) is 18.0 Å². The van der Waals surface area contributed by atoms with Crippen molar-refractivity contribution in [3.8, 4) is 0 Å². The molecule has 3 aromatic rings. The number of nitrogens with zero attached hydrogens (tertiary/aromatic N) is 3. The predicted molar refractivity (Wildman–Crippen MR) is 138 cm³/mol. The number of thiazole rings is 1. The summed E-state index contributed by atoms with van der Waals surface area (Å²) in [6.45, 7) is 5.92. The number of Topliss-reactive ketones (excluding diaryl/α,β-unsaturated/α-hetero) is 1.